The molecule has 1 aliphatic rings. The van der Waals surface area contributed by atoms with Crippen LogP contribution in [0, 0.1) is 5.92 Å². The van der Waals surface area contributed by atoms with E-state index in [1.165, 1.54) is 11.8 Å². The van der Waals surface area contributed by atoms with Crippen LogP contribution >= 0.6 is 31.9 Å². The smallest absolute Gasteiger partial charge is 0.386 e. The van der Waals surface area contributed by atoms with Gasteiger partial charge in [-0.2, -0.15) is 18.2 Å². The van der Waals surface area contributed by atoms with Gasteiger partial charge in [-0.1, -0.05) is 55.5 Å². The standard InChI is InChI=1S/C27H36ClN6O5PS.C4H6.C2H3F3/c1-6-16(2)11-12-36-26(35)18(4)33-40(39-20-9-7-19(28)8-10-20)37-14-21-13-17(3)25(38-21)34-15-30-22-23(34)31-27(29)32-24(22)41-5;1-3-4-2;1-2(3,4)5/h6-10,15,17-18,21,25,33H,11-14H2,1-5H3,(H2,29,31,32);3-4H,1-2H2;1H3/b16-6+;;. The quantitative estimate of drug-likeness (QED) is 0.0407. The third-order valence-electron chi connectivity index (χ3n) is 6.76. The van der Waals surface area contributed by atoms with Crippen LogP contribution in [0.5, 0.6) is 5.75 Å². The molecule has 0 amide bonds. The first-order chi connectivity index (χ1) is 23.6. The van der Waals surface area contributed by atoms with Crippen molar-refractivity contribution in [2.24, 2.45) is 5.92 Å². The van der Waals surface area contributed by atoms with E-state index in [0.717, 1.165) is 17.0 Å². The Morgan fingerprint density at radius 3 is 2.50 bits per heavy atom. The highest BCUT2D eigenvalue weighted by molar-refractivity contribution is 7.98. The van der Waals surface area contributed by atoms with Crippen molar-refractivity contribution in [2.45, 2.75) is 77.0 Å². The molecule has 1 aliphatic heterocycles. The second-order valence-electron chi connectivity index (χ2n) is 11.0. The third-order valence-corrected chi connectivity index (χ3v) is 9.04. The highest BCUT2D eigenvalue weighted by Crippen LogP contribution is 2.41. The van der Waals surface area contributed by atoms with Crippen molar-refractivity contribution in [1.82, 2.24) is 24.6 Å². The fraction of sp³-hybridized carbons (Fsp3) is 0.455. The third kappa shape index (κ3) is 15.0. The highest BCUT2D eigenvalue weighted by Gasteiger charge is 2.36. The number of rotatable bonds is 14. The number of nitrogens with one attached hydrogen (secondary N) is 1. The predicted molar refractivity (Wildman–Crippen MR) is 194 cm³/mol. The number of nitrogens with zero attached hydrogens (tertiary/aromatic N) is 4. The number of halogens is 4. The summed E-state index contributed by atoms with van der Waals surface area (Å²) in [6.07, 6.45) is 5.81. The molecule has 3 N–H and O–H groups in total. The summed E-state index contributed by atoms with van der Waals surface area (Å²) in [5.41, 5.74) is 8.43. The number of nitrogens with two attached hydrogens (primary N) is 1. The molecular weight excluding hydrogens is 716 g/mol. The van der Waals surface area contributed by atoms with Crippen LogP contribution in [0.3, 0.4) is 0 Å². The Morgan fingerprint density at radius 1 is 1.28 bits per heavy atom. The predicted octanol–water partition coefficient (Wildman–Crippen LogP) is 8.83. The van der Waals surface area contributed by atoms with Gasteiger partial charge in [0.05, 0.1) is 25.6 Å². The van der Waals surface area contributed by atoms with E-state index in [2.05, 4.69) is 40.1 Å². The maximum atomic E-state index is 12.6. The minimum absolute atomic E-state index is 0.154. The largest absolute Gasteiger partial charge is 0.464 e. The number of allylic oxidation sites excluding steroid dienone is 3. The van der Waals surface area contributed by atoms with Crippen molar-refractivity contribution in [1.29, 1.82) is 0 Å². The summed E-state index contributed by atoms with van der Waals surface area (Å²) in [4.78, 5) is 25.8. The van der Waals surface area contributed by atoms with Gasteiger partial charge in [0.25, 0.3) is 0 Å². The molecule has 4 rings (SSSR count). The summed E-state index contributed by atoms with van der Waals surface area (Å²) in [7, 11) is -1.72. The number of carbonyl (C=O) groups excluding carboxylic acids is 1. The first-order valence-electron chi connectivity index (χ1n) is 15.5. The molecular formula is C33H45ClF3N6O5PS. The van der Waals surface area contributed by atoms with Crippen LogP contribution in [0.2, 0.25) is 5.02 Å². The van der Waals surface area contributed by atoms with Gasteiger partial charge in [0.1, 0.15) is 28.6 Å². The van der Waals surface area contributed by atoms with E-state index in [-0.39, 0.29) is 43.7 Å². The van der Waals surface area contributed by atoms with Crippen molar-refractivity contribution in [2.75, 3.05) is 25.2 Å². The molecule has 0 aliphatic carbocycles. The number of hydrogen-bond acceptors (Lipinski definition) is 11. The van der Waals surface area contributed by atoms with Gasteiger partial charge in [0.2, 0.25) is 5.95 Å². The molecule has 276 valence electrons. The fourth-order valence-corrected chi connectivity index (χ4v) is 6.09. The number of benzene rings is 1. The summed E-state index contributed by atoms with van der Waals surface area (Å²) in [6.45, 7) is 15.3. The lowest BCUT2D eigenvalue weighted by Gasteiger charge is -2.23. The molecule has 0 bridgehead atoms. The zero-order chi connectivity index (χ0) is 37.4. The summed E-state index contributed by atoms with van der Waals surface area (Å²) in [5.74, 6) is 0.520. The monoisotopic (exact) mass is 760 g/mol. The number of aromatic nitrogens is 4. The fourth-order valence-electron chi connectivity index (χ4n) is 4.22. The number of nitrogen functional groups attached to an aromatic ring is 1. The molecule has 0 saturated carbocycles. The Bertz CT molecular complexity index is 1550. The Hall–Kier alpha value is -3.20. The van der Waals surface area contributed by atoms with Crippen molar-refractivity contribution in [3.05, 3.63) is 72.6 Å². The summed E-state index contributed by atoms with van der Waals surface area (Å²) in [5, 5.41) is 4.45. The molecule has 5 atom stereocenters. The van der Waals surface area contributed by atoms with E-state index in [1.54, 1.807) is 49.7 Å². The average Bonchev–Trinajstić information content (AvgIpc) is 3.65. The second kappa shape index (κ2) is 21.2. The van der Waals surface area contributed by atoms with Gasteiger partial charge in [0, 0.05) is 24.3 Å². The van der Waals surface area contributed by atoms with Crippen molar-refractivity contribution in [3.8, 4) is 5.75 Å². The second-order valence-corrected chi connectivity index (χ2v) is 13.5. The van der Waals surface area contributed by atoms with Crippen LogP contribution in [-0.4, -0.2) is 63.3 Å². The topological polar surface area (TPSA) is 136 Å². The molecule has 3 heterocycles. The van der Waals surface area contributed by atoms with Crippen molar-refractivity contribution < 1.29 is 36.5 Å². The van der Waals surface area contributed by atoms with Crippen molar-refractivity contribution in [3.63, 3.8) is 0 Å². The molecule has 1 fully saturated rings. The van der Waals surface area contributed by atoms with Gasteiger partial charge in [0.15, 0.2) is 5.65 Å². The number of ether oxygens (including phenoxy) is 2. The molecule has 17 heteroatoms. The average molecular weight is 761 g/mol. The Balaban J connectivity index is 0.000000857. The summed E-state index contributed by atoms with van der Waals surface area (Å²) < 4.78 is 57.1. The van der Waals surface area contributed by atoms with E-state index in [4.69, 9.17) is 35.9 Å². The number of thioether (sulfide) groups is 1. The van der Waals surface area contributed by atoms with E-state index >= 15 is 0 Å². The van der Waals surface area contributed by atoms with Crippen LogP contribution in [0.1, 0.15) is 53.7 Å². The lowest BCUT2D eigenvalue weighted by atomic mass is 10.1. The highest BCUT2D eigenvalue weighted by atomic mass is 35.5. The first-order valence-corrected chi connectivity index (χ1v) is 18.3. The number of fused-ring (bicyclic) bond motifs is 1. The van der Waals surface area contributed by atoms with E-state index < -0.39 is 20.7 Å². The van der Waals surface area contributed by atoms with Crippen LogP contribution < -0.4 is 15.3 Å². The van der Waals surface area contributed by atoms with Gasteiger partial charge in [-0.25, -0.2) is 15.1 Å². The maximum Gasteiger partial charge on any atom is 0.386 e. The molecule has 5 unspecified atom stereocenters. The maximum absolute atomic E-state index is 12.6. The Labute approximate surface area is 301 Å². The van der Waals surface area contributed by atoms with E-state index in [0.29, 0.717) is 35.0 Å². The molecule has 0 radical (unpaired) electrons. The molecule has 2 aromatic heterocycles. The van der Waals surface area contributed by atoms with Crippen LogP contribution in [0.25, 0.3) is 11.2 Å². The minimum atomic E-state index is -4.00. The van der Waals surface area contributed by atoms with Crippen LogP contribution in [-0.2, 0) is 18.8 Å². The number of alkyl halides is 3. The first kappa shape index (κ1) is 43.0. The van der Waals surface area contributed by atoms with E-state index in [9.17, 15) is 18.0 Å². The van der Waals surface area contributed by atoms with Gasteiger partial charge in [-0.15, -0.1) is 11.8 Å². The number of carbonyl (C=O) groups is 1. The summed E-state index contributed by atoms with van der Waals surface area (Å²) >= 11 is 7.50. The van der Waals surface area contributed by atoms with Crippen molar-refractivity contribution >= 4 is 55.0 Å². The molecule has 50 heavy (non-hydrogen) atoms. The summed E-state index contributed by atoms with van der Waals surface area (Å²) in [6, 6.07) is 6.30. The van der Waals surface area contributed by atoms with Crippen LogP contribution in [0.4, 0.5) is 19.1 Å². The van der Waals surface area contributed by atoms with Gasteiger partial charge in [-0.05, 0) is 57.7 Å². The zero-order valence-corrected chi connectivity index (χ0v) is 31.4. The van der Waals surface area contributed by atoms with Gasteiger partial charge >= 0.3 is 20.7 Å². The Kier molecular flexibility index (Phi) is 18.2. The lowest BCUT2D eigenvalue weighted by Crippen LogP contribution is -2.34. The number of imidazole rings is 1. The minimum Gasteiger partial charge on any atom is -0.464 e. The molecule has 3 aromatic rings. The number of anilines is 1. The van der Waals surface area contributed by atoms with E-state index in [1.807, 2.05) is 30.7 Å². The van der Waals surface area contributed by atoms with Gasteiger partial charge < -0.3 is 24.3 Å². The molecule has 1 aromatic carbocycles. The van der Waals surface area contributed by atoms with Gasteiger partial charge in [-0.3, -0.25) is 9.36 Å². The lowest BCUT2D eigenvalue weighted by molar-refractivity contribution is -0.145. The normalized spacial score (nSPS) is 18.6. The molecule has 11 nitrogen and oxygen atoms in total. The van der Waals surface area contributed by atoms with Crippen LogP contribution in [0.15, 0.2) is 72.6 Å². The SMILES string of the molecule is C/C=C(\C)CCOC(=O)C(C)NP(OCC1CC(C)C(n2cnc3c(SC)nc(N)nc32)O1)Oc1ccc(Cl)cc1.C=CC=C.CC(F)(F)F. The zero-order valence-electron chi connectivity index (χ0n) is 28.9. The molecule has 1 saturated heterocycles. The number of esters is 1. The Morgan fingerprint density at radius 2 is 1.92 bits per heavy atom. The molecule has 0 spiro atoms. The number of hydrogen-bond donors (Lipinski definition) is 2.